The van der Waals surface area contributed by atoms with Gasteiger partial charge >= 0.3 is 0 Å². The Morgan fingerprint density at radius 1 is 1.71 bits per heavy atom. The molecule has 14 heavy (non-hydrogen) atoms. The molecule has 1 fully saturated rings. The Morgan fingerprint density at radius 2 is 2.43 bits per heavy atom. The number of aliphatic hydroxyl groups is 2. The summed E-state index contributed by atoms with van der Waals surface area (Å²) in [5.74, 6) is 0. The van der Waals surface area contributed by atoms with Crippen LogP contribution in [0.5, 0.6) is 0 Å². The lowest BCUT2D eigenvalue weighted by Gasteiger charge is -2.21. The van der Waals surface area contributed by atoms with E-state index in [0.29, 0.717) is 12.8 Å². The smallest absolute Gasteiger partial charge is 0.122 e. The molecule has 0 amide bonds. The van der Waals surface area contributed by atoms with Crippen LogP contribution >= 0.6 is 0 Å². The van der Waals surface area contributed by atoms with Crippen molar-refractivity contribution < 1.29 is 24.5 Å². The number of hydrogen-bond donors (Lipinski definition) is 2. The molecule has 1 aliphatic rings. The number of methoxy groups -OCH3 is 1. The molecule has 4 unspecified atom stereocenters. The van der Waals surface area contributed by atoms with E-state index in [4.69, 9.17) is 14.6 Å². The summed E-state index contributed by atoms with van der Waals surface area (Å²) in [7, 11) is 1.52. The molecular weight excluding hydrogens is 188 g/mol. The fraction of sp³-hybridized carbons (Fsp3) is 0.889. The highest BCUT2D eigenvalue weighted by Gasteiger charge is 2.39. The zero-order valence-electron chi connectivity index (χ0n) is 8.13. The van der Waals surface area contributed by atoms with Gasteiger partial charge in [0.2, 0.25) is 0 Å². The molecule has 0 aromatic rings. The maximum absolute atomic E-state index is 10.3. The minimum atomic E-state index is -0.948. The Morgan fingerprint density at radius 3 is 2.93 bits per heavy atom. The summed E-state index contributed by atoms with van der Waals surface area (Å²) in [5.41, 5.74) is 0. The molecule has 0 radical (unpaired) electrons. The van der Waals surface area contributed by atoms with Crippen molar-refractivity contribution in [3.05, 3.63) is 0 Å². The Hall–Kier alpha value is -0.490. The highest BCUT2D eigenvalue weighted by atomic mass is 16.6. The van der Waals surface area contributed by atoms with Crippen molar-refractivity contribution in [2.24, 2.45) is 0 Å². The van der Waals surface area contributed by atoms with Crippen LogP contribution in [0, 0.1) is 0 Å². The highest BCUT2D eigenvalue weighted by molar-refractivity contribution is 5.50. The molecule has 1 rings (SSSR count). The van der Waals surface area contributed by atoms with E-state index in [1.165, 1.54) is 7.11 Å². The lowest BCUT2D eigenvalue weighted by Crippen LogP contribution is -2.37. The van der Waals surface area contributed by atoms with Gasteiger partial charge in [-0.2, -0.15) is 0 Å². The number of aliphatic hydroxyl groups excluding tert-OH is 2. The topological polar surface area (TPSA) is 76.0 Å². The third kappa shape index (κ3) is 2.51. The average Bonchev–Trinajstić information content (AvgIpc) is 2.60. The molecule has 0 aliphatic carbocycles. The lowest BCUT2D eigenvalue weighted by atomic mass is 10.1. The van der Waals surface area contributed by atoms with Crippen molar-refractivity contribution in [1.82, 2.24) is 0 Å². The van der Waals surface area contributed by atoms with Crippen molar-refractivity contribution >= 4 is 6.29 Å². The quantitative estimate of drug-likeness (QED) is 0.568. The lowest BCUT2D eigenvalue weighted by molar-refractivity contribution is -0.113. The standard InChI is InChI=1S/C9H16O5/c1-13-8-4-6(2-3-10)14-9(8)7(12)5-11/h3,6-9,11-12H,2,4-5H2,1H3. The minimum Gasteiger partial charge on any atom is -0.394 e. The minimum absolute atomic E-state index is 0.205. The first-order valence-electron chi connectivity index (χ1n) is 4.63. The van der Waals surface area contributed by atoms with Gasteiger partial charge in [-0.25, -0.2) is 0 Å². The summed E-state index contributed by atoms with van der Waals surface area (Å²) in [4.78, 5) is 10.3. The number of rotatable bonds is 5. The molecule has 0 aromatic carbocycles. The maximum atomic E-state index is 10.3. The van der Waals surface area contributed by atoms with Gasteiger partial charge in [0.1, 0.15) is 18.5 Å². The SMILES string of the molecule is COC1CC(CC=O)OC1C(O)CO. The van der Waals surface area contributed by atoms with Crippen LogP contribution in [0.25, 0.3) is 0 Å². The second-order valence-corrected chi connectivity index (χ2v) is 3.38. The summed E-state index contributed by atoms with van der Waals surface area (Å²) in [5, 5.41) is 18.2. The number of carbonyl (C=O) groups is 1. The van der Waals surface area contributed by atoms with Crippen molar-refractivity contribution in [3.8, 4) is 0 Å². The summed E-state index contributed by atoms with van der Waals surface area (Å²) < 4.78 is 10.5. The first-order valence-corrected chi connectivity index (χ1v) is 4.63. The third-order valence-electron chi connectivity index (χ3n) is 2.44. The van der Waals surface area contributed by atoms with Gasteiger partial charge in [-0.15, -0.1) is 0 Å². The van der Waals surface area contributed by atoms with Crippen LogP contribution in [0.15, 0.2) is 0 Å². The van der Waals surface area contributed by atoms with Gasteiger partial charge in [-0.05, 0) is 0 Å². The van der Waals surface area contributed by atoms with E-state index in [9.17, 15) is 9.90 Å². The van der Waals surface area contributed by atoms with Crippen LogP contribution in [-0.4, -0.2) is 54.6 Å². The largest absolute Gasteiger partial charge is 0.394 e. The van der Waals surface area contributed by atoms with Gasteiger partial charge in [0.05, 0.1) is 18.8 Å². The maximum Gasteiger partial charge on any atom is 0.122 e. The molecule has 1 heterocycles. The third-order valence-corrected chi connectivity index (χ3v) is 2.44. The normalized spacial score (nSPS) is 34.4. The number of carbonyl (C=O) groups excluding carboxylic acids is 1. The predicted molar refractivity (Wildman–Crippen MR) is 47.8 cm³/mol. The van der Waals surface area contributed by atoms with Crippen molar-refractivity contribution in [2.45, 2.75) is 37.3 Å². The fourth-order valence-electron chi connectivity index (χ4n) is 1.69. The van der Waals surface area contributed by atoms with Crippen LogP contribution in [0.3, 0.4) is 0 Å². The van der Waals surface area contributed by atoms with E-state index in [1.54, 1.807) is 0 Å². The Labute approximate surface area is 82.6 Å². The van der Waals surface area contributed by atoms with Crippen LogP contribution in [0.4, 0.5) is 0 Å². The Kier molecular flexibility index (Phi) is 4.47. The van der Waals surface area contributed by atoms with E-state index in [2.05, 4.69) is 0 Å². The number of aldehydes is 1. The molecule has 4 atom stereocenters. The summed E-state index contributed by atoms with van der Waals surface area (Å²) >= 11 is 0. The monoisotopic (exact) mass is 204 g/mol. The molecule has 1 saturated heterocycles. The molecular formula is C9H16O5. The Bertz CT molecular complexity index is 184. The zero-order valence-corrected chi connectivity index (χ0v) is 8.13. The van der Waals surface area contributed by atoms with E-state index in [1.807, 2.05) is 0 Å². The zero-order chi connectivity index (χ0) is 10.6. The Balaban J connectivity index is 2.52. The van der Waals surface area contributed by atoms with Gasteiger partial charge < -0.3 is 24.5 Å². The number of hydrogen-bond acceptors (Lipinski definition) is 5. The van der Waals surface area contributed by atoms with Crippen LogP contribution in [0.2, 0.25) is 0 Å². The summed E-state index contributed by atoms with van der Waals surface area (Å²) in [6.07, 6.45) is -0.270. The first kappa shape index (κ1) is 11.6. The van der Waals surface area contributed by atoms with Crippen molar-refractivity contribution in [2.75, 3.05) is 13.7 Å². The van der Waals surface area contributed by atoms with Gasteiger partial charge in [-0.3, -0.25) is 0 Å². The molecule has 5 heteroatoms. The molecule has 1 aliphatic heterocycles. The second kappa shape index (κ2) is 5.41. The second-order valence-electron chi connectivity index (χ2n) is 3.38. The van der Waals surface area contributed by atoms with E-state index in [-0.39, 0.29) is 18.8 Å². The summed E-state index contributed by atoms with van der Waals surface area (Å²) in [6.45, 7) is -0.363. The van der Waals surface area contributed by atoms with Crippen LogP contribution in [-0.2, 0) is 14.3 Å². The fourth-order valence-corrected chi connectivity index (χ4v) is 1.69. The van der Waals surface area contributed by atoms with E-state index in [0.717, 1.165) is 6.29 Å². The molecule has 0 bridgehead atoms. The summed E-state index contributed by atoms with van der Waals surface area (Å²) in [6, 6.07) is 0. The van der Waals surface area contributed by atoms with Gasteiger partial charge in [0.25, 0.3) is 0 Å². The molecule has 5 nitrogen and oxygen atoms in total. The van der Waals surface area contributed by atoms with E-state index < -0.39 is 12.2 Å². The van der Waals surface area contributed by atoms with Gasteiger partial charge in [0, 0.05) is 20.0 Å². The van der Waals surface area contributed by atoms with Gasteiger partial charge in [0.15, 0.2) is 0 Å². The molecule has 0 aromatic heterocycles. The van der Waals surface area contributed by atoms with Crippen LogP contribution < -0.4 is 0 Å². The molecule has 2 N–H and O–H groups in total. The van der Waals surface area contributed by atoms with Crippen molar-refractivity contribution in [1.29, 1.82) is 0 Å². The predicted octanol–water partition coefficient (Wildman–Crippen LogP) is -0.899. The first-order chi connectivity index (χ1) is 6.72. The molecule has 0 spiro atoms. The molecule has 0 saturated carbocycles. The van der Waals surface area contributed by atoms with Crippen molar-refractivity contribution in [3.63, 3.8) is 0 Å². The molecule has 82 valence electrons. The van der Waals surface area contributed by atoms with Crippen LogP contribution in [0.1, 0.15) is 12.8 Å². The van der Waals surface area contributed by atoms with E-state index >= 15 is 0 Å². The van der Waals surface area contributed by atoms with Gasteiger partial charge in [-0.1, -0.05) is 0 Å². The number of ether oxygens (including phenoxy) is 2. The highest BCUT2D eigenvalue weighted by Crippen LogP contribution is 2.26. The average molecular weight is 204 g/mol.